The van der Waals surface area contributed by atoms with E-state index < -0.39 is 5.41 Å². The maximum atomic E-state index is 13.7. The summed E-state index contributed by atoms with van der Waals surface area (Å²) < 4.78 is 5.63. The molecule has 5 rings (SSSR count). The monoisotopic (exact) mass is 410 g/mol. The predicted molar refractivity (Wildman–Crippen MR) is 116 cm³/mol. The normalized spacial score (nSPS) is 23.0. The second kappa shape index (κ2) is 8.21. The van der Waals surface area contributed by atoms with Crippen LogP contribution >= 0.6 is 11.3 Å². The number of hydrogen-bond acceptors (Lipinski definition) is 4. The topological polar surface area (TPSA) is 32.8 Å². The molecule has 1 aromatic heterocycles. The summed E-state index contributed by atoms with van der Waals surface area (Å²) in [4.78, 5) is 20.1. The molecule has 1 aromatic carbocycles. The van der Waals surface area contributed by atoms with Crippen LogP contribution in [0.4, 0.5) is 0 Å². The highest BCUT2D eigenvalue weighted by molar-refractivity contribution is 7.10. The molecule has 2 aromatic rings. The summed E-state index contributed by atoms with van der Waals surface area (Å²) in [5.74, 6) is 0.323. The molecule has 4 heterocycles. The van der Waals surface area contributed by atoms with Crippen molar-refractivity contribution in [1.29, 1.82) is 0 Å². The number of likely N-dealkylation sites (tertiary alicyclic amines) is 1. The van der Waals surface area contributed by atoms with Crippen LogP contribution in [0.5, 0.6) is 0 Å². The number of nitrogens with zero attached hydrogens (tertiary/aromatic N) is 2. The molecule has 154 valence electrons. The van der Waals surface area contributed by atoms with Crippen LogP contribution in [0.1, 0.15) is 41.7 Å². The van der Waals surface area contributed by atoms with Crippen molar-refractivity contribution in [2.75, 3.05) is 32.8 Å². The van der Waals surface area contributed by atoms with Crippen molar-refractivity contribution in [3.63, 3.8) is 0 Å². The number of benzene rings is 1. The SMILES string of the molecule is O=C(N1CCC(N2CCc3sccc3C2)CC1)C1(c2ccccc2)CCOCC1. The van der Waals surface area contributed by atoms with E-state index in [1.54, 1.807) is 4.88 Å². The van der Waals surface area contributed by atoms with E-state index in [1.165, 1.54) is 12.0 Å². The first-order valence-corrected chi connectivity index (χ1v) is 11.9. The average Bonchev–Trinajstić information content (AvgIpc) is 3.28. The molecule has 3 aliphatic rings. The third-order valence-electron chi connectivity index (χ3n) is 7.19. The third-order valence-corrected chi connectivity index (χ3v) is 8.21. The highest BCUT2D eigenvalue weighted by Gasteiger charge is 2.44. The number of carbonyl (C=O) groups is 1. The zero-order valence-corrected chi connectivity index (χ0v) is 17.8. The van der Waals surface area contributed by atoms with E-state index in [9.17, 15) is 4.79 Å². The molecule has 0 unspecified atom stereocenters. The zero-order valence-electron chi connectivity index (χ0n) is 17.0. The lowest BCUT2D eigenvalue weighted by Gasteiger charge is -2.44. The summed E-state index contributed by atoms with van der Waals surface area (Å²) in [7, 11) is 0. The smallest absolute Gasteiger partial charge is 0.233 e. The fraction of sp³-hybridized carbons (Fsp3) is 0.542. The Morgan fingerprint density at radius 2 is 1.79 bits per heavy atom. The molecule has 0 spiro atoms. The molecular weight excluding hydrogens is 380 g/mol. The van der Waals surface area contributed by atoms with Gasteiger partial charge in [-0.05, 0) is 54.7 Å². The molecule has 2 saturated heterocycles. The summed E-state index contributed by atoms with van der Waals surface area (Å²) in [6.07, 6.45) is 4.95. The molecule has 2 fully saturated rings. The van der Waals surface area contributed by atoms with Gasteiger partial charge in [-0.1, -0.05) is 30.3 Å². The number of rotatable bonds is 3. The van der Waals surface area contributed by atoms with E-state index in [0.717, 1.165) is 57.4 Å². The van der Waals surface area contributed by atoms with Crippen LogP contribution in [0.2, 0.25) is 0 Å². The zero-order chi connectivity index (χ0) is 19.7. The fourth-order valence-electron chi connectivity index (χ4n) is 5.42. The first-order chi connectivity index (χ1) is 14.3. The maximum absolute atomic E-state index is 13.7. The molecule has 29 heavy (non-hydrogen) atoms. The van der Waals surface area contributed by atoms with E-state index in [2.05, 4.69) is 45.5 Å². The van der Waals surface area contributed by atoms with Gasteiger partial charge < -0.3 is 9.64 Å². The molecule has 0 radical (unpaired) electrons. The van der Waals surface area contributed by atoms with Crippen LogP contribution in [0, 0.1) is 0 Å². The van der Waals surface area contributed by atoms with E-state index in [0.29, 0.717) is 25.2 Å². The van der Waals surface area contributed by atoms with Gasteiger partial charge in [0.2, 0.25) is 5.91 Å². The van der Waals surface area contributed by atoms with Crippen LogP contribution in [-0.2, 0) is 27.9 Å². The first-order valence-electron chi connectivity index (χ1n) is 11.0. The van der Waals surface area contributed by atoms with Crippen molar-refractivity contribution < 1.29 is 9.53 Å². The van der Waals surface area contributed by atoms with Crippen LogP contribution in [0.15, 0.2) is 41.8 Å². The van der Waals surface area contributed by atoms with E-state index >= 15 is 0 Å². The average molecular weight is 411 g/mol. The number of thiophene rings is 1. The van der Waals surface area contributed by atoms with E-state index in [-0.39, 0.29) is 0 Å². The van der Waals surface area contributed by atoms with Gasteiger partial charge in [0.15, 0.2) is 0 Å². The van der Waals surface area contributed by atoms with Crippen LogP contribution in [0.3, 0.4) is 0 Å². The Morgan fingerprint density at radius 1 is 1.03 bits per heavy atom. The lowest BCUT2D eigenvalue weighted by Crippen LogP contribution is -2.54. The van der Waals surface area contributed by atoms with Gasteiger partial charge in [-0.25, -0.2) is 0 Å². The maximum Gasteiger partial charge on any atom is 0.233 e. The van der Waals surface area contributed by atoms with Crippen LogP contribution in [0.25, 0.3) is 0 Å². The fourth-order valence-corrected chi connectivity index (χ4v) is 6.31. The van der Waals surface area contributed by atoms with Crippen LogP contribution in [-0.4, -0.2) is 54.6 Å². The Morgan fingerprint density at radius 3 is 2.55 bits per heavy atom. The molecule has 0 bridgehead atoms. The van der Waals surface area contributed by atoms with Crippen LogP contribution < -0.4 is 0 Å². The van der Waals surface area contributed by atoms with Crippen molar-refractivity contribution in [1.82, 2.24) is 9.80 Å². The van der Waals surface area contributed by atoms with Gasteiger partial charge in [-0.3, -0.25) is 9.69 Å². The second-order valence-electron chi connectivity index (χ2n) is 8.67. The van der Waals surface area contributed by atoms with E-state index in [4.69, 9.17) is 4.74 Å². The Labute approximate surface area is 177 Å². The van der Waals surface area contributed by atoms with Gasteiger partial charge in [0, 0.05) is 50.3 Å². The Balaban J connectivity index is 1.27. The summed E-state index contributed by atoms with van der Waals surface area (Å²) in [6.45, 7) is 5.36. The Kier molecular flexibility index (Phi) is 5.46. The first kappa shape index (κ1) is 19.3. The standard InChI is InChI=1S/C24H30N2O2S/c27-23(24(10-15-28-16-11-24)20-4-2-1-3-5-20)25-12-6-21(7-13-25)26-14-8-22-19(18-26)9-17-29-22/h1-5,9,17,21H,6-8,10-16,18H2. The largest absolute Gasteiger partial charge is 0.381 e. The molecule has 0 saturated carbocycles. The van der Waals surface area contributed by atoms with Gasteiger partial charge in [-0.2, -0.15) is 0 Å². The Hall–Kier alpha value is -1.69. The third kappa shape index (κ3) is 3.65. The summed E-state index contributed by atoms with van der Waals surface area (Å²) in [5, 5.41) is 2.23. The molecular formula is C24H30N2O2S. The van der Waals surface area contributed by atoms with Crippen molar-refractivity contribution >= 4 is 17.2 Å². The van der Waals surface area contributed by atoms with Gasteiger partial charge in [-0.15, -0.1) is 11.3 Å². The number of ether oxygens (including phenoxy) is 1. The van der Waals surface area contributed by atoms with E-state index in [1.807, 2.05) is 17.4 Å². The molecule has 0 N–H and O–H groups in total. The van der Waals surface area contributed by atoms with Gasteiger partial charge in [0.25, 0.3) is 0 Å². The Bertz CT molecular complexity index is 836. The number of fused-ring (bicyclic) bond motifs is 1. The van der Waals surface area contributed by atoms with Gasteiger partial charge in [0.05, 0.1) is 5.41 Å². The quantitative estimate of drug-likeness (QED) is 0.771. The second-order valence-corrected chi connectivity index (χ2v) is 9.67. The number of hydrogen-bond donors (Lipinski definition) is 0. The van der Waals surface area contributed by atoms with Crippen molar-refractivity contribution in [3.8, 4) is 0 Å². The summed E-state index contributed by atoms with van der Waals surface area (Å²) in [6, 6.07) is 13.3. The molecule has 3 aliphatic heterocycles. The highest BCUT2D eigenvalue weighted by Crippen LogP contribution is 2.38. The van der Waals surface area contributed by atoms with Crippen molar-refractivity contribution in [2.24, 2.45) is 0 Å². The molecule has 5 heteroatoms. The van der Waals surface area contributed by atoms with Gasteiger partial charge >= 0.3 is 0 Å². The van der Waals surface area contributed by atoms with Gasteiger partial charge in [0.1, 0.15) is 0 Å². The molecule has 0 atom stereocenters. The molecule has 1 amide bonds. The highest BCUT2D eigenvalue weighted by atomic mass is 32.1. The minimum absolute atomic E-state index is 0.323. The lowest BCUT2D eigenvalue weighted by atomic mass is 9.72. The number of carbonyl (C=O) groups excluding carboxylic acids is 1. The minimum atomic E-state index is -0.400. The predicted octanol–water partition coefficient (Wildman–Crippen LogP) is 3.85. The number of amides is 1. The lowest BCUT2D eigenvalue weighted by molar-refractivity contribution is -0.143. The molecule has 4 nitrogen and oxygen atoms in total. The minimum Gasteiger partial charge on any atom is -0.381 e. The summed E-state index contributed by atoms with van der Waals surface area (Å²) >= 11 is 1.90. The summed E-state index contributed by atoms with van der Waals surface area (Å²) in [5.41, 5.74) is 2.28. The van der Waals surface area contributed by atoms with Crippen molar-refractivity contribution in [2.45, 2.75) is 50.1 Å². The molecule has 0 aliphatic carbocycles. The van der Waals surface area contributed by atoms with Crippen molar-refractivity contribution in [3.05, 3.63) is 57.8 Å². The number of piperidine rings is 1.